The number of hydrogen-bond donors (Lipinski definition) is 3. The van der Waals surface area contributed by atoms with Gasteiger partial charge in [-0.3, -0.25) is 4.79 Å². The number of hydrogen-bond acceptors (Lipinski definition) is 5. The Kier molecular flexibility index (Phi) is 3.81. The molecule has 6 nitrogen and oxygen atoms in total. The summed E-state index contributed by atoms with van der Waals surface area (Å²) in [5, 5.41) is 7.49. The molecule has 1 aromatic carbocycles. The highest BCUT2D eigenvalue weighted by Crippen LogP contribution is 2.36. The number of pyridine rings is 2. The molecule has 2 atom stereocenters. The molecule has 1 aliphatic carbocycles. The van der Waals surface area contributed by atoms with Crippen LogP contribution >= 0.6 is 0 Å². The maximum Gasteiger partial charge on any atom is 0.231 e. The zero-order valence-electron chi connectivity index (χ0n) is 15.9. The molecule has 0 unspecified atom stereocenters. The summed E-state index contributed by atoms with van der Waals surface area (Å²) >= 11 is 0. The first kappa shape index (κ1) is 17.6. The third kappa shape index (κ3) is 3.08. The lowest BCUT2D eigenvalue weighted by Gasteiger charge is -2.12. The van der Waals surface area contributed by atoms with Crippen LogP contribution < -0.4 is 16.4 Å². The molecule has 4 N–H and O–H groups in total. The predicted molar refractivity (Wildman–Crippen MR) is 112 cm³/mol. The summed E-state index contributed by atoms with van der Waals surface area (Å²) in [5.74, 6) is -0.155. The van der Waals surface area contributed by atoms with Crippen LogP contribution in [0, 0.1) is 12.8 Å². The van der Waals surface area contributed by atoms with Gasteiger partial charge in [0, 0.05) is 35.0 Å². The standard InChI is InChI=1S/C22H20FN5O/c1-10-3-18-13(4-11(2)26-18)5-14(10)19-6-12-7-20(25-9-16(12)21(24)27-19)28-22(29)15-8-17(15)23/h3,5-7,9,15,17,26H,2,4,8H2,1H3,(H2,24,27)(H,25,28,29)/t15-,17+/m0/s1. The molecule has 0 bridgehead atoms. The minimum absolute atomic E-state index is 0.277. The van der Waals surface area contributed by atoms with Crippen LogP contribution in [0.2, 0.25) is 0 Å². The largest absolute Gasteiger partial charge is 0.383 e. The van der Waals surface area contributed by atoms with Gasteiger partial charge in [-0.25, -0.2) is 14.4 Å². The van der Waals surface area contributed by atoms with E-state index in [4.69, 9.17) is 5.73 Å². The average molecular weight is 389 g/mol. The summed E-state index contributed by atoms with van der Waals surface area (Å²) in [5.41, 5.74) is 12.2. The summed E-state index contributed by atoms with van der Waals surface area (Å²) in [6.07, 6.45) is 1.59. The molecule has 0 spiro atoms. The van der Waals surface area contributed by atoms with E-state index in [1.807, 2.05) is 13.0 Å². The Hall–Kier alpha value is -3.48. The summed E-state index contributed by atoms with van der Waals surface area (Å²) in [6.45, 7) is 6.03. The average Bonchev–Trinajstić information content (AvgIpc) is 3.29. The van der Waals surface area contributed by atoms with Crippen molar-refractivity contribution in [3.63, 3.8) is 0 Å². The van der Waals surface area contributed by atoms with Gasteiger partial charge in [0.25, 0.3) is 0 Å². The highest BCUT2D eigenvalue weighted by molar-refractivity contribution is 5.98. The van der Waals surface area contributed by atoms with E-state index < -0.39 is 12.1 Å². The monoisotopic (exact) mass is 389 g/mol. The molecule has 1 saturated carbocycles. The van der Waals surface area contributed by atoms with Crippen LogP contribution in [0.3, 0.4) is 0 Å². The number of carbonyl (C=O) groups excluding carboxylic acids is 1. The Morgan fingerprint density at radius 3 is 2.90 bits per heavy atom. The number of allylic oxidation sites excluding steroid dienone is 1. The number of nitrogens with one attached hydrogen (secondary N) is 2. The number of alkyl halides is 1. The molecule has 1 fully saturated rings. The molecule has 1 amide bonds. The van der Waals surface area contributed by atoms with Crippen molar-refractivity contribution >= 4 is 34.0 Å². The molecular formula is C22H20FN5O. The zero-order valence-corrected chi connectivity index (χ0v) is 15.9. The molecule has 3 aromatic rings. The second kappa shape index (κ2) is 6.27. The Balaban J connectivity index is 1.54. The van der Waals surface area contributed by atoms with Gasteiger partial charge in [0.1, 0.15) is 17.8 Å². The summed E-state index contributed by atoms with van der Waals surface area (Å²) in [7, 11) is 0. The second-order valence-corrected chi connectivity index (χ2v) is 7.76. The summed E-state index contributed by atoms with van der Waals surface area (Å²) in [4.78, 5) is 20.8. The number of aryl methyl sites for hydroxylation is 1. The van der Waals surface area contributed by atoms with Crippen LogP contribution in [-0.2, 0) is 11.2 Å². The van der Waals surface area contributed by atoms with Gasteiger partial charge in [-0.15, -0.1) is 0 Å². The molecule has 2 aromatic heterocycles. The normalized spacial score (nSPS) is 19.7. The van der Waals surface area contributed by atoms with Gasteiger partial charge in [0.05, 0.1) is 11.6 Å². The molecule has 29 heavy (non-hydrogen) atoms. The first-order valence-corrected chi connectivity index (χ1v) is 9.49. The molecular weight excluding hydrogens is 369 g/mol. The molecule has 3 heterocycles. The van der Waals surface area contributed by atoms with Crippen molar-refractivity contribution in [1.29, 1.82) is 0 Å². The number of nitrogen functional groups attached to an aromatic ring is 1. The van der Waals surface area contributed by atoms with Crippen LogP contribution in [0.15, 0.2) is 42.7 Å². The van der Waals surface area contributed by atoms with E-state index >= 15 is 0 Å². The van der Waals surface area contributed by atoms with Gasteiger partial charge in [0.15, 0.2) is 0 Å². The van der Waals surface area contributed by atoms with Crippen LogP contribution in [0.4, 0.5) is 21.7 Å². The second-order valence-electron chi connectivity index (χ2n) is 7.76. The highest BCUT2D eigenvalue weighted by Gasteiger charge is 2.43. The van der Waals surface area contributed by atoms with Crippen molar-refractivity contribution in [1.82, 2.24) is 9.97 Å². The lowest BCUT2D eigenvalue weighted by molar-refractivity contribution is -0.117. The highest BCUT2D eigenvalue weighted by atomic mass is 19.1. The number of halogens is 1. The number of benzene rings is 1. The zero-order chi connectivity index (χ0) is 20.3. The lowest BCUT2D eigenvalue weighted by atomic mass is 9.99. The van der Waals surface area contributed by atoms with Crippen molar-refractivity contribution in [2.45, 2.75) is 25.9 Å². The Morgan fingerprint density at radius 2 is 2.14 bits per heavy atom. The molecule has 7 heteroatoms. The number of nitrogens with zero attached hydrogens (tertiary/aromatic N) is 2. The maximum absolute atomic E-state index is 13.1. The topological polar surface area (TPSA) is 92.9 Å². The number of nitrogens with two attached hydrogens (primary N) is 1. The van der Waals surface area contributed by atoms with Gasteiger partial charge >= 0.3 is 0 Å². The molecule has 0 saturated heterocycles. The maximum atomic E-state index is 13.1. The van der Waals surface area contributed by atoms with Crippen LogP contribution in [0.1, 0.15) is 17.5 Å². The van der Waals surface area contributed by atoms with E-state index in [9.17, 15) is 9.18 Å². The Morgan fingerprint density at radius 1 is 1.34 bits per heavy atom. The van der Waals surface area contributed by atoms with Gasteiger partial charge in [-0.05, 0) is 54.1 Å². The third-order valence-corrected chi connectivity index (χ3v) is 5.49. The van der Waals surface area contributed by atoms with E-state index in [1.165, 1.54) is 5.56 Å². The molecule has 5 rings (SSSR count). The van der Waals surface area contributed by atoms with Crippen molar-refractivity contribution in [3.05, 3.63) is 53.9 Å². The smallest absolute Gasteiger partial charge is 0.231 e. The summed E-state index contributed by atoms with van der Waals surface area (Å²) < 4.78 is 13.1. The minimum atomic E-state index is -1.05. The van der Waals surface area contributed by atoms with E-state index in [1.54, 1.807) is 12.3 Å². The molecule has 1 aliphatic heterocycles. The lowest BCUT2D eigenvalue weighted by Crippen LogP contribution is -2.15. The van der Waals surface area contributed by atoms with Gasteiger partial charge in [-0.2, -0.15) is 0 Å². The van der Waals surface area contributed by atoms with E-state index in [-0.39, 0.29) is 12.3 Å². The van der Waals surface area contributed by atoms with Gasteiger partial charge in [-0.1, -0.05) is 6.58 Å². The van der Waals surface area contributed by atoms with Crippen molar-refractivity contribution < 1.29 is 9.18 Å². The van der Waals surface area contributed by atoms with Crippen LogP contribution in [0.25, 0.3) is 22.0 Å². The minimum Gasteiger partial charge on any atom is -0.383 e. The first-order chi connectivity index (χ1) is 13.9. The molecule has 146 valence electrons. The van der Waals surface area contributed by atoms with Crippen LogP contribution in [0.5, 0.6) is 0 Å². The predicted octanol–water partition coefficient (Wildman–Crippen LogP) is 3.97. The fraction of sp³-hybridized carbons (Fsp3) is 0.227. The molecule has 0 radical (unpaired) electrons. The number of fused-ring (bicyclic) bond motifs is 2. The fourth-order valence-electron chi connectivity index (χ4n) is 3.79. The quantitative estimate of drug-likeness (QED) is 0.630. The van der Waals surface area contributed by atoms with Gasteiger partial charge < -0.3 is 16.4 Å². The Bertz CT molecular complexity index is 1210. The van der Waals surface area contributed by atoms with E-state index in [0.29, 0.717) is 17.0 Å². The Labute approximate surface area is 167 Å². The SMILES string of the molecule is C=C1Cc2cc(-c3cc4cc(NC(=O)[C@H]5C[C@H]5F)ncc4c(N)n3)c(C)cc2N1. The third-order valence-electron chi connectivity index (χ3n) is 5.49. The number of carbonyl (C=O) groups is 1. The molecule has 2 aliphatic rings. The number of aromatic nitrogens is 2. The first-order valence-electron chi connectivity index (χ1n) is 9.49. The van der Waals surface area contributed by atoms with E-state index in [0.717, 1.165) is 40.0 Å². The number of amides is 1. The van der Waals surface area contributed by atoms with Gasteiger partial charge in [0.2, 0.25) is 5.91 Å². The fourth-order valence-corrected chi connectivity index (χ4v) is 3.79. The summed E-state index contributed by atoms with van der Waals surface area (Å²) in [6, 6.07) is 7.88. The van der Waals surface area contributed by atoms with Crippen molar-refractivity contribution in [2.24, 2.45) is 5.92 Å². The number of rotatable bonds is 3. The van der Waals surface area contributed by atoms with Crippen molar-refractivity contribution in [3.8, 4) is 11.3 Å². The van der Waals surface area contributed by atoms with E-state index in [2.05, 4.69) is 39.3 Å². The number of anilines is 3. The van der Waals surface area contributed by atoms with Crippen LogP contribution in [-0.4, -0.2) is 22.0 Å². The van der Waals surface area contributed by atoms with Crippen molar-refractivity contribution in [2.75, 3.05) is 16.4 Å².